The third-order valence-electron chi connectivity index (χ3n) is 11.4. The zero-order valence-electron chi connectivity index (χ0n) is 33.1. The van der Waals surface area contributed by atoms with E-state index >= 15 is 0 Å². The molecular formula is C54H33N7S. The molecular weight excluding hydrogens is 779 g/mol. The maximum Gasteiger partial charge on any atom is 0.164 e. The highest BCUT2D eigenvalue weighted by atomic mass is 32.1. The number of benzene rings is 7. The molecule has 12 aromatic rings. The zero-order valence-corrected chi connectivity index (χ0v) is 33.9. The topological polar surface area (TPSA) is 82.3 Å². The summed E-state index contributed by atoms with van der Waals surface area (Å²) in [5.74, 6) is 2.45. The molecule has 0 amide bonds. The van der Waals surface area contributed by atoms with Crippen molar-refractivity contribution in [2.75, 3.05) is 0 Å². The van der Waals surface area contributed by atoms with Crippen LogP contribution in [0.5, 0.6) is 0 Å². The summed E-state index contributed by atoms with van der Waals surface area (Å²) in [4.78, 5) is 31.3. The number of pyridine rings is 1. The maximum atomic E-state index is 5.24. The summed E-state index contributed by atoms with van der Waals surface area (Å²) in [5, 5.41) is 3.45. The summed E-state index contributed by atoms with van der Waals surface area (Å²) in [6.45, 7) is 0. The lowest BCUT2D eigenvalue weighted by molar-refractivity contribution is 1.07. The predicted octanol–water partition coefficient (Wildman–Crippen LogP) is 13.5. The minimum atomic E-state index is 0.584. The largest absolute Gasteiger partial charge is 0.309 e. The molecule has 5 heterocycles. The normalized spacial score (nSPS) is 11.5. The Labute approximate surface area is 360 Å². The first-order valence-corrected chi connectivity index (χ1v) is 21.3. The van der Waals surface area contributed by atoms with Crippen molar-refractivity contribution in [2.45, 2.75) is 0 Å². The minimum absolute atomic E-state index is 0.584. The maximum absolute atomic E-state index is 5.24. The predicted molar refractivity (Wildman–Crippen MR) is 253 cm³/mol. The molecule has 0 N–H and O–H groups in total. The number of fused-ring (bicyclic) bond motifs is 6. The number of hydrogen-bond donors (Lipinski definition) is 0. The SMILES string of the molecule is c1ccc(-c2ccc(-c3nc(-c4ccc(-c5nc(-c6ccccc6)nc(-c6cccc(-n7c8ccccc8c8ccccc87)c6)n5)cc4)c4sc5ncccc5c4n3)cc2)cc1. The van der Waals surface area contributed by atoms with Gasteiger partial charge in [0.1, 0.15) is 4.83 Å². The molecule has 7 aromatic carbocycles. The Morgan fingerprint density at radius 2 is 0.839 bits per heavy atom. The molecule has 0 aliphatic rings. The Kier molecular flexibility index (Phi) is 8.53. The molecule has 0 spiro atoms. The minimum Gasteiger partial charge on any atom is -0.309 e. The Hall–Kier alpha value is -8.20. The van der Waals surface area contributed by atoms with Gasteiger partial charge in [-0.15, -0.1) is 11.3 Å². The molecule has 62 heavy (non-hydrogen) atoms. The van der Waals surface area contributed by atoms with Gasteiger partial charge in [0.05, 0.1) is 26.9 Å². The highest BCUT2D eigenvalue weighted by Gasteiger charge is 2.19. The number of hydrogen-bond acceptors (Lipinski definition) is 7. The van der Waals surface area contributed by atoms with Gasteiger partial charge in [-0.3, -0.25) is 0 Å². The van der Waals surface area contributed by atoms with E-state index < -0.39 is 0 Å². The Bertz CT molecular complexity index is 3570. The number of para-hydroxylation sites is 2. The molecule has 0 saturated carbocycles. The fourth-order valence-electron chi connectivity index (χ4n) is 8.36. The van der Waals surface area contributed by atoms with Gasteiger partial charge >= 0.3 is 0 Å². The zero-order chi connectivity index (χ0) is 41.0. The van der Waals surface area contributed by atoms with E-state index in [1.54, 1.807) is 11.3 Å². The monoisotopic (exact) mass is 811 g/mol. The Morgan fingerprint density at radius 1 is 0.355 bits per heavy atom. The molecule has 12 rings (SSSR count). The van der Waals surface area contributed by atoms with Crippen LogP contribution in [0.4, 0.5) is 0 Å². The van der Waals surface area contributed by atoms with Crippen LogP contribution in [0.15, 0.2) is 200 Å². The van der Waals surface area contributed by atoms with Gasteiger partial charge in [-0.2, -0.15) is 0 Å². The molecule has 0 aliphatic carbocycles. The smallest absolute Gasteiger partial charge is 0.164 e. The molecule has 5 aromatic heterocycles. The van der Waals surface area contributed by atoms with Gasteiger partial charge in [-0.1, -0.05) is 158 Å². The highest BCUT2D eigenvalue weighted by molar-refractivity contribution is 7.25. The second kappa shape index (κ2) is 14.8. The lowest BCUT2D eigenvalue weighted by Gasteiger charge is -2.12. The van der Waals surface area contributed by atoms with Gasteiger partial charge in [-0.05, 0) is 47.5 Å². The fraction of sp³-hybridized carbons (Fsp3) is 0. The molecule has 0 atom stereocenters. The van der Waals surface area contributed by atoms with Crippen LogP contribution in [0.3, 0.4) is 0 Å². The first kappa shape index (κ1) is 35.7. The second-order valence-corrected chi connectivity index (χ2v) is 16.1. The Balaban J connectivity index is 0.963. The summed E-state index contributed by atoms with van der Waals surface area (Å²) in [5.41, 5.74) is 12.0. The van der Waals surface area contributed by atoms with Gasteiger partial charge in [0.2, 0.25) is 0 Å². The van der Waals surface area contributed by atoms with E-state index in [9.17, 15) is 0 Å². The van der Waals surface area contributed by atoms with Crippen LogP contribution in [0.2, 0.25) is 0 Å². The lowest BCUT2D eigenvalue weighted by atomic mass is 10.0. The molecule has 0 unspecified atom stereocenters. The van der Waals surface area contributed by atoms with Gasteiger partial charge < -0.3 is 4.57 Å². The van der Waals surface area contributed by atoms with Crippen LogP contribution < -0.4 is 0 Å². The quantitative estimate of drug-likeness (QED) is 0.159. The van der Waals surface area contributed by atoms with E-state index in [2.05, 4.69) is 156 Å². The average molecular weight is 812 g/mol. The van der Waals surface area contributed by atoms with Crippen LogP contribution in [0.25, 0.3) is 116 Å². The second-order valence-electron chi connectivity index (χ2n) is 15.1. The summed E-state index contributed by atoms with van der Waals surface area (Å²) >= 11 is 1.62. The molecule has 0 saturated heterocycles. The number of thiophene rings is 1. The summed E-state index contributed by atoms with van der Waals surface area (Å²) < 4.78 is 3.31. The number of rotatable bonds is 7. The Morgan fingerprint density at radius 3 is 1.50 bits per heavy atom. The molecule has 8 heteroatoms. The first-order chi connectivity index (χ1) is 30.7. The van der Waals surface area contributed by atoms with Gasteiger partial charge in [0.25, 0.3) is 0 Å². The third kappa shape index (κ3) is 6.20. The summed E-state index contributed by atoms with van der Waals surface area (Å²) in [6.07, 6.45) is 1.83. The van der Waals surface area contributed by atoms with Crippen molar-refractivity contribution in [3.63, 3.8) is 0 Å². The van der Waals surface area contributed by atoms with E-state index in [4.69, 9.17) is 29.9 Å². The van der Waals surface area contributed by atoms with E-state index in [0.29, 0.717) is 23.3 Å². The summed E-state index contributed by atoms with van der Waals surface area (Å²) in [7, 11) is 0. The third-order valence-corrected chi connectivity index (χ3v) is 12.5. The molecule has 0 fully saturated rings. The first-order valence-electron chi connectivity index (χ1n) is 20.4. The van der Waals surface area contributed by atoms with Crippen LogP contribution >= 0.6 is 11.3 Å². The highest BCUT2D eigenvalue weighted by Crippen LogP contribution is 2.40. The van der Waals surface area contributed by atoms with Crippen LogP contribution in [0, 0.1) is 0 Å². The van der Waals surface area contributed by atoms with E-state index in [1.165, 1.54) is 16.3 Å². The number of nitrogens with zero attached hydrogens (tertiary/aromatic N) is 7. The van der Waals surface area contributed by atoms with Crippen LogP contribution in [-0.4, -0.2) is 34.5 Å². The fourth-order valence-corrected chi connectivity index (χ4v) is 9.45. The van der Waals surface area contributed by atoms with Gasteiger partial charge in [-0.25, -0.2) is 29.9 Å². The van der Waals surface area contributed by atoms with Gasteiger partial charge in [0, 0.05) is 55.9 Å². The molecule has 0 bridgehead atoms. The van der Waals surface area contributed by atoms with E-state index in [1.807, 2.05) is 48.7 Å². The van der Waals surface area contributed by atoms with Crippen molar-refractivity contribution in [1.82, 2.24) is 34.5 Å². The van der Waals surface area contributed by atoms with Crippen molar-refractivity contribution < 1.29 is 0 Å². The van der Waals surface area contributed by atoms with E-state index in [-0.39, 0.29) is 0 Å². The average Bonchev–Trinajstić information content (AvgIpc) is 3.90. The van der Waals surface area contributed by atoms with Crippen LogP contribution in [-0.2, 0) is 0 Å². The van der Waals surface area contributed by atoms with Crippen LogP contribution in [0.1, 0.15) is 0 Å². The van der Waals surface area contributed by atoms with Crippen molar-refractivity contribution >= 4 is 53.6 Å². The molecule has 0 aliphatic heterocycles. The van der Waals surface area contributed by atoms with Crippen molar-refractivity contribution in [3.05, 3.63) is 200 Å². The van der Waals surface area contributed by atoms with E-state index in [0.717, 1.165) is 76.2 Å². The van der Waals surface area contributed by atoms with Crippen molar-refractivity contribution in [1.29, 1.82) is 0 Å². The standard InChI is InChI=1S/C54H33N7S/c1-3-13-34(14-4-1)35-24-28-38(29-25-35)50-56-47(49-48(57-50)44-21-12-32-55-54(44)62-49)36-26-30-39(31-27-36)52-58-51(37-15-5-2-6-16-37)59-53(60-52)40-17-11-18-41(33-40)61-45-22-9-7-19-42(45)43-20-8-10-23-46(43)61/h1-33H. The van der Waals surface area contributed by atoms with Crippen molar-refractivity contribution in [2.24, 2.45) is 0 Å². The molecule has 290 valence electrons. The van der Waals surface area contributed by atoms with Gasteiger partial charge in [0.15, 0.2) is 23.3 Å². The van der Waals surface area contributed by atoms with Crippen molar-refractivity contribution in [3.8, 4) is 73.6 Å². The summed E-state index contributed by atoms with van der Waals surface area (Å²) in [6, 6.07) is 66.9. The molecule has 7 nitrogen and oxygen atoms in total. The molecule has 0 radical (unpaired) electrons. The number of aromatic nitrogens is 7. The lowest BCUT2D eigenvalue weighted by Crippen LogP contribution is -2.01.